The van der Waals surface area contributed by atoms with E-state index in [2.05, 4.69) is 28.2 Å². The highest BCUT2D eigenvalue weighted by Crippen LogP contribution is 1.85. The predicted molar refractivity (Wildman–Crippen MR) is 80.0 cm³/mol. The molecule has 0 amide bonds. The Labute approximate surface area is 113 Å². The average Bonchev–Trinajstić information content (AvgIpc) is 2.38. The van der Waals surface area contributed by atoms with Crippen molar-refractivity contribution in [1.82, 2.24) is 21.3 Å². The molecular formula is C13H33N5. The van der Waals surface area contributed by atoms with E-state index >= 15 is 0 Å². The van der Waals surface area contributed by atoms with E-state index in [0.717, 1.165) is 52.2 Å². The fourth-order valence-corrected chi connectivity index (χ4v) is 1.71. The van der Waals surface area contributed by atoms with Gasteiger partial charge in [-0.05, 0) is 65.6 Å². The molecule has 0 rings (SSSR count). The van der Waals surface area contributed by atoms with Crippen molar-refractivity contribution >= 4 is 0 Å². The van der Waals surface area contributed by atoms with Crippen molar-refractivity contribution in [2.45, 2.75) is 32.2 Å². The van der Waals surface area contributed by atoms with Crippen molar-refractivity contribution in [2.24, 2.45) is 5.73 Å². The van der Waals surface area contributed by atoms with Gasteiger partial charge in [0, 0.05) is 12.6 Å². The van der Waals surface area contributed by atoms with Gasteiger partial charge in [0.05, 0.1) is 0 Å². The minimum absolute atomic E-state index is 0.265. The van der Waals surface area contributed by atoms with Gasteiger partial charge in [0.2, 0.25) is 0 Å². The molecule has 0 saturated carbocycles. The largest absolute Gasteiger partial charge is 0.327 e. The first kappa shape index (κ1) is 17.8. The standard InChI is InChI=1S/C13H33N5/c1-3-16-8-5-10-18-12-13(14)6-11-17-9-4-7-15-2/h13,15-18H,3-12,14H2,1-2H3. The molecule has 0 aliphatic rings. The third kappa shape index (κ3) is 13.9. The van der Waals surface area contributed by atoms with Gasteiger partial charge in [0.15, 0.2) is 0 Å². The molecule has 1 atom stereocenters. The molecule has 5 heteroatoms. The number of hydrogen-bond donors (Lipinski definition) is 5. The smallest absolute Gasteiger partial charge is 0.0177 e. The lowest BCUT2D eigenvalue weighted by Gasteiger charge is -2.13. The van der Waals surface area contributed by atoms with Gasteiger partial charge in [-0.15, -0.1) is 0 Å². The lowest BCUT2D eigenvalue weighted by Crippen LogP contribution is -2.37. The minimum Gasteiger partial charge on any atom is -0.327 e. The molecule has 18 heavy (non-hydrogen) atoms. The van der Waals surface area contributed by atoms with Gasteiger partial charge in [0.25, 0.3) is 0 Å². The summed E-state index contributed by atoms with van der Waals surface area (Å²) >= 11 is 0. The third-order valence-electron chi connectivity index (χ3n) is 2.84. The molecule has 0 aliphatic carbocycles. The second kappa shape index (κ2) is 14.9. The Morgan fingerprint density at radius 1 is 0.889 bits per heavy atom. The molecule has 110 valence electrons. The number of rotatable bonds is 14. The van der Waals surface area contributed by atoms with Gasteiger partial charge in [0.1, 0.15) is 0 Å². The van der Waals surface area contributed by atoms with Crippen LogP contribution in [0.3, 0.4) is 0 Å². The van der Waals surface area contributed by atoms with E-state index in [9.17, 15) is 0 Å². The highest BCUT2D eigenvalue weighted by Gasteiger charge is 2.00. The molecule has 6 N–H and O–H groups in total. The molecule has 0 saturated heterocycles. The van der Waals surface area contributed by atoms with Gasteiger partial charge in [-0.1, -0.05) is 6.92 Å². The Balaban J connectivity index is 3.10. The fourth-order valence-electron chi connectivity index (χ4n) is 1.71. The molecule has 0 aliphatic heterocycles. The monoisotopic (exact) mass is 259 g/mol. The van der Waals surface area contributed by atoms with Crippen molar-refractivity contribution < 1.29 is 0 Å². The Bertz CT molecular complexity index is 138. The summed E-state index contributed by atoms with van der Waals surface area (Å²) in [5, 5.41) is 13.3. The van der Waals surface area contributed by atoms with Crippen LogP contribution in [0.25, 0.3) is 0 Å². The van der Waals surface area contributed by atoms with Gasteiger partial charge in [-0.2, -0.15) is 0 Å². The zero-order chi connectivity index (χ0) is 13.5. The Kier molecular flexibility index (Phi) is 14.7. The van der Waals surface area contributed by atoms with Crippen molar-refractivity contribution in [3.8, 4) is 0 Å². The van der Waals surface area contributed by atoms with Gasteiger partial charge in [-0.3, -0.25) is 0 Å². The van der Waals surface area contributed by atoms with E-state index in [1.54, 1.807) is 0 Å². The summed E-state index contributed by atoms with van der Waals surface area (Å²) in [7, 11) is 1.98. The first-order valence-electron chi connectivity index (χ1n) is 7.33. The number of nitrogens with two attached hydrogens (primary N) is 1. The minimum atomic E-state index is 0.265. The second-order valence-electron chi connectivity index (χ2n) is 4.67. The van der Waals surface area contributed by atoms with Gasteiger partial charge in [-0.25, -0.2) is 0 Å². The zero-order valence-corrected chi connectivity index (χ0v) is 12.2. The third-order valence-corrected chi connectivity index (χ3v) is 2.84. The van der Waals surface area contributed by atoms with Crippen LogP contribution < -0.4 is 27.0 Å². The normalized spacial score (nSPS) is 12.8. The SMILES string of the molecule is CCNCCCNCC(N)CCNCCCNC. The van der Waals surface area contributed by atoms with Crippen LogP contribution in [0, 0.1) is 0 Å². The molecule has 1 unspecified atom stereocenters. The van der Waals surface area contributed by atoms with E-state index in [1.807, 2.05) is 7.05 Å². The van der Waals surface area contributed by atoms with E-state index in [4.69, 9.17) is 5.73 Å². The van der Waals surface area contributed by atoms with E-state index in [-0.39, 0.29) is 6.04 Å². The van der Waals surface area contributed by atoms with Crippen LogP contribution in [0.15, 0.2) is 0 Å². The van der Waals surface area contributed by atoms with E-state index in [0.29, 0.717) is 0 Å². The first-order valence-corrected chi connectivity index (χ1v) is 7.33. The van der Waals surface area contributed by atoms with Crippen LogP contribution >= 0.6 is 0 Å². The quantitative estimate of drug-likeness (QED) is 0.272. The Morgan fingerprint density at radius 3 is 2.28 bits per heavy atom. The highest BCUT2D eigenvalue weighted by atomic mass is 14.9. The average molecular weight is 259 g/mol. The topological polar surface area (TPSA) is 74.1 Å². The van der Waals surface area contributed by atoms with Gasteiger partial charge >= 0.3 is 0 Å². The molecule has 0 aromatic heterocycles. The van der Waals surface area contributed by atoms with Crippen molar-refractivity contribution in [3.05, 3.63) is 0 Å². The lowest BCUT2D eigenvalue weighted by atomic mass is 10.2. The maximum atomic E-state index is 6.03. The van der Waals surface area contributed by atoms with Crippen LogP contribution in [-0.2, 0) is 0 Å². The number of hydrogen-bond acceptors (Lipinski definition) is 5. The maximum Gasteiger partial charge on any atom is 0.0177 e. The molecule has 0 aromatic rings. The fraction of sp³-hybridized carbons (Fsp3) is 1.00. The summed E-state index contributed by atoms with van der Waals surface area (Å²) in [6.45, 7) is 9.41. The summed E-state index contributed by atoms with van der Waals surface area (Å²) in [6.07, 6.45) is 3.39. The van der Waals surface area contributed by atoms with Crippen LogP contribution in [0.2, 0.25) is 0 Å². The molecule has 0 heterocycles. The van der Waals surface area contributed by atoms with Gasteiger partial charge < -0.3 is 27.0 Å². The van der Waals surface area contributed by atoms with Crippen LogP contribution in [-0.4, -0.2) is 58.9 Å². The molecule has 0 aromatic carbocycles. The summed E-state index contributed by atoms with van der Waals surface area (Å²) in [6, 6.07) is 0.265. The highest BCUT2D eigenvalue weighted by molar-refractivity contribution is 4.66. The van der Waals surface area contributed by atoms with Crippen LogP contribution in [0.1, 0.15) is 26.2 Å². The van der Waals surface area contributed by atoms with Crippen molar-refractivity contribution in [3.63, 3.8) is 0 Å². The van der Waals surface area contributed by atoms with Crippen molar-refractivity contribution in [2.75, 3.05) is 52.9 Å². The summed E-state index contributed by atoms with van der Waals surface area (Å²) in [5.74, 6) is 0. The van der Waals surface area contributed by atoms with E-state index in [1.165, 1.54) is 12.8 Å². The first-order chi connectivity index (χ1) is 8.81. The van der Waals surface area contributed by atoms with Crippen LogP contribution in [0.5, 0.6) is 0 Å². The lowest BCUT2D eigenvalue weighted by molar-refractivity contribution is 0.506. The molecule has 0 radical (unpaired) electrons. The molecular weight excluding hydrogens is 226 g/mol. The molecule has 5 nitrogen and oxygen atoms in total. The Hall–Kier alpha value is -0.200. The zero-order valence-electron chi connectivity index (χ0n) is 12.2. The molecule has 0 spiro atoms. The van der Waals surface area contributed by atoms with Crippen molar-refractivity contribution in [1.29, 1.82) is 0 Å². The summed E-state index contributed by atoms with van der Waals surface area (Å²) in [5.41, 5.74) is 6.03. The molecule has 0 bridgehead atoms. The Morgan fingerprint density at radius 2 is 1.56 bits per heavy atom. The van der Waals surface area contributed by atoms with E-state index < -0.39 is 0 Å². The molecule has 0 fully saturated rings. The summed E-state index contributed by atoms with van der Waals surface area (Å²) < 4.78 is 0. The second-order valence-corrected chi connectivity index (χ2v) is 4.67. The van der Waals surface area contributed by atoms with Crippen LogP contribution in [0.4, 0.5) is 0 Å². The number of nitrogens with one attached hydrogen (secondary N) is 4. The summed E-state index contributed by atoms with van der Waals surface area (Å²) in [4.78, 5) is 0. The predicted octanol–water partition coefficient (Wildman–Crippen LogP) is -0.508. The maximum absolute atomic E-state index is 6.03.